The van der Waals surface area contributed by atoms with Crippen LogP contribution >= 0.6 is 0 Å². The van der Waals surface area contributed by atoms with Crippen LogP contribution in [-0.4, -0.2) is 36.4 Å². The molecule has 0 bridgehead atoms. The Labute approximate surface area is 587 Å². The van der Waals surface area contributed by atoms with Crippen molar-refractivity contribution in [3.05, 3.63) is 85.1 Å². The van der Waals surface area contributed by atoms with Gasteiger partial charge in [-0.1, -0.05) is 433 Å². The standard InChI is InChI=1S/C89H162O5/c1-3-5-7-9-11-13-15-17-19-21-23-25-27-29-31-33-35-37-39-41-43-44-46-47-49-51-53-55-57-59-61-63-65-67-69-71-73-75-77-79-81-83-88(91)93-86-87(85-90)94-89(92)84-82-80-78-76-74-72-70-68-66-64-62-60-58-56-54-52-50-48-45-42-40-38-36-34-32-30-28-26-24-22-20-18-16-14-12-10-8-6-4-2/h6,8,12,14-15,17-18,20-21,23-24,26,30,32,87,90H,3-5,7,9-11,13,16,19,22,25,27-29,31,33-86H2,1-2H3/b8-6-,14-12-,17-15-,20-18-,23-21-,26-24-,32-30-. The van der Waals surface area contributed by atoms with Crippen molar-refractivity contribution in [2.45, 2.75) is 457 Å². The van der Waals surface area contributed by atoms with Gasteiger partial charge in [0.15, 0.2) is 6.10 Å². The van der Waals surface area contributed by atoms with E-state index in [-0.39, 0.29) is 25.2 Å². The van der Waals surface area contributed by atoms with Crippen molar-refractivity contribution in [1.82, 2.24) is 0 Å². The molecule has 5 heteroatoms. The molecule has 548 valence electrons. The highest BCUT2D eigenvalue weighted by Gasteiger charge is 2.16. The molecule has 0 rings (SSSR count). The fourth-order valence-electron chi connectivity index (χ4n) is 12.9. The molecule has 0 spiro atoms. The lowest BCUT2D eigenvalue weighted by molar-refractivity contribution is -0.161. The highest BCUT2D eigenvalue weighted by molar-refractivity contribution is 5.70. The van der Waals surface area contributed by atoms with E-state index in [1.807, 2.05) is 0 Å². The Bertz CT molecular complexity index is 1680. The summed E-state index contributed by atoms with van der Waals surface area (Å²) in [6, 6.07) is 0. The van der Waals surface area contributed by atoms with Crippen LogP contribution in [0.15, 0.2) is 85.1 Å². The van der Waals surface area contributed by atoms with E-state index >= 15 is 0 Å². The molecule has 0 aromatic carbocycles. The quantitative estimate of drug-likeness (QED) is 0.0373. The number of hydrogen-bond donors (Lipinski definition) is 1. The number of carbonyl (C=O) groups excluding carboxylic acids is 2. The summed E-state index contributed by atoms with van der Waals surface area (Å²) in [7, 11) is 0. The summed E-state index contributed by atoms with van der Waals surface area (Å²) in [4.78, 5) is 24.7. The number of rotatable bonds is 79. The van der Waals surface area contributed by atoms with E-state index in [4.69, 9.17) is 9.47 Å². The Kier molecular flexibility index (Phi) is 81.7. The van der Waals surface area contributed by atoms with Gasteiger partial charge in [-0.25, -0.2) is 0 Å². The monoisotopic (exact) mass is 1310 g/mol. The van der Waals surface area contributed by atoms with Crippen molar-refractivity contribution in [3.8, 4) is 0 Å². The topological polar surface area (TPSA) is 72.8 Å². The van der Waals surface area contributed by atoms with E-state index in [1.165, 1.54) is 353 Å². The minimum Gasteiger partial charge on any atom is -0.462 e. The Morgan fingerprint density at radius 1 is 0.255 bits per heavy atom. The number of hydrogen-bond acceptors (Lipinski definition) is 5. The Morgan fingerprint density at radius 3 is 0.691 bits per heavy atom. The molecule has 1 N–H and O–H groups in total. The Hall–Kier alpha value is -2.92. The number of unbranched alkanes of at least 4 members (excludes halogenated alkanes) is 57. The number of carbonyl (C=O) groups is 2. The van der Waals surface area contributed by atoms with Crippen LogP contribution < -0.4 is 0 Å². The minimum absolute atomic E-state index is 0.0604. The van der Waals surface area contributed by atoms with Crippen LogP contribution in [0.2, 0.25) is 0 Å². The summed E-state index contributed by atoms with van der Waals surface area (Å²) < 4.78 is 10.8. The zero-order valence-electron chi connectivity index (χ0n) is 63.2. The fourth-order valence-corrected chi connectivity index (χ4v) is 12.9. The molecule has 5 nitrogen and oxygen atoms in total. The molecule has 0 aromatic heterocycles. The molecule has 0 aliphatic carbocycles. The molecule has 0 amide bonds. The third-order valence-corrected chi connectivity index (χ3v) is 19.2. The number of aliphatic hydroxyl groups is 1. The minimum atomic E-state index is -0.773. The van der Waals surface area contributed by atoms with Crippen molar-refractivity contribution < 1.29 is 24.2 Å². The van der Waals surface area contributed by atoms with Gasteiger partial charge in [0.25, 0.3) is 0 Å². The number of esters is 2. The van der Waals surface area contributed by atoms with Crippen LogP contribution in [0.4, 0.5) is 0 Å². The molecule has 0 fully saturated rings. The molecule has 94 heavy (non-hydrogen) atoms. The zero-order chi connectivity index (χ0) is 67.5. The van der Waals surface area contributed by atoms with Gasteiger partial charge in [0, 0.05) is 12.8 Å². The van der Waals surface area contributed by atoms with E-state index < -0.39 is 6.10 Å². The molecular weight excluding hydrogens is 1150 g/mol. The van der Waals surface area contributed by atoms with Crippen LogP contribution in [0.3, 0.4) is 0 Å². The lowest BCUT2D eigenvalue weighted by Crippen LogP contribution is -2.28. The van der Waals surface area contributed by atoms with Crippen LogP contribution in [0.5, 0.6) is 0 Å². The van der Waals surface area contributed by atoms with Gasteiger partial charge in [0.05, 0.1) is 6.61 Å². The van der Waals surface area contributed by atoms with Gasteiger partial charge in [0.2, 0.25) is 0 Å². The summed E-state index contributed by atoms with van der Waals surface area (Å²) in [6.07, 6.45) is 120. The van der Waals surface area contributed by atoms with E-state index in [0.29, 0.717) is 12.8 Å². The molecule has 0 aromatic rings. The molecule has 0 radical (unpaired) electrons. The Morgan fingerprint density at radius 2 is 0.457 bits per heavy atom. The second-order valence-electron chi connectivity index (χ2n) is 28.5. The van der Waals surface area contributed by atoms with Crippen molar-refractivity contribution in [2.24, 2.45) is 0 Å². The first kappa shape index (κ1) is 91.1. The molecule has 1 unspecified atom stereocenters. The smallest absolute Gasteiger partial charge is 0.306 e. The zero-order valence-corrected chi connectivity index (χ0v) is 63.2. The summed E-state index contributed by atoms with van der Waals surface area (Å²) in [6.45, 7) is 4.08. The fraction of sp³-hybridized carbons (Fsp3) is 0.820. The third-order valence-electron chi connectivity index (χ3n) is 19.2. The maximum Gasteiger partial charge on any atom is 0.306 e. The number of ether oxygens (including phenoxy) is 2. The van der Waals surface area contributed by atoms with Gasteiger partial charge in [-0.2, -0.15) is 0 Å². The van der Waals surface area contributed by atoms with E-state index in [2.05, 4.69) is 98.9 Å². The molecule has 0 heterocycles. The predicted molar refractivity (Wildman–Crippen MR) is 417 cm³/mol. The summed E-state index contributed by atoms with van der Waals surface area (Å²) >= 11 is 0. The second kappa shape index (κ2) is 84.3. The molecule has 1 atom stereocenters. The number of aliphatic hydroxyl groups excluding tert-OH is 1. The summed E-state index contributed by atoms with van der Waals surface area (Å²) in [5.41, 5.74) is 0. The summed E-state index contributed by atoms with van der Waals surface area (Å²) in [5.74, 6) is -0.565. The van der Waals surface area contributed by atoms with E-state index in [1.54, 1.807) is 0 Å². The van der Waals surface area contributed by atoms with Crippen LogP contribution in [0.25, 0.3) is 0 Å². The van der Waals surface area contributed by atoms with Crippen LogP contribution in [-0.2, 0) is 19.1 Å². The largest absolute Gasteiger partial charge is 0.462 e. The van der Waals surface area contributed by atoms with Gasteiger partial charge in [0.1, 0.15) is 6.61 Å². The molecule has 0 aliphatic rings. The van der Waals surface area contributed by atoms with Crippen molar-refractivity contribution in [1.29, 1.82) is 0 Å². The lowest BCUT2D eigenvalue weighted by Gasteiger charge is -2.15. The first-order valence-electron chi connectivity index (χ1n) is 42.1. The van der Waals surface area contributed by atoms with Crippen molar-refractivity contribution >= 4 is 11.9 Å². The maximum atomic E-state index is 12.4. The first-order chi connectivity index (χ1) is 46.6. The third kappa shape index (κ3) is 81.5. The van der Waals surface area contributed by atoms with Gasteiger partial charge in [-0.3, -0.25) is 9.59 Å². The van der Waals surface area contributed by atoms with Crippen molar-refractivity contribution in [3.63, 3.8) is 0 Å². The van der Waals surface area contributed by atoms with E-state index in [0.717, 1.165) is 70.6 Å². The average molecular weight is 1310 g/mol. The predicted octanol–water partition coefficient (Wildman–Crippen LogP) is 29.9. The first-order valence-corrected chi connectivity index (χ1v) is 42.1. The van der Waals surface area contributed by atoms with Gasteiger partial charge in [-0.15, -0.1) is 0 Å². The van der Waals surface area contributed by atoms with Gasteiger partial charge < -0.3 is 14.6 Å². The normalized spacial score (nSPS) is 12.6. The van der Waals surface area contributed by atoms with Gasteiger partial charge >= 0.3 is 11.9 Å². The average Bonchev–Trinajstić information content (AvgIpc) is 3.65. The van der Waals surface area contributed by atoms with Crippen LogP contribution in [0, 0.1) is 0 Å². The second-order valence-corrected chi connectivity index (χ2v) is 28.5. The maximum absolute atomic E-state index is 12.4. The van der Waals surface area contributed by atoms with Crippen molar-refractivity contribution in [2.75, 3.05) is 13.2 Å². The Balaban J connectivity index is 3.37. The molecular formula is C89H162O5. The molecule has 0 saturated heterocycles. The number of allylic oxidation sites excluding steroid dienone is 14. The van der Waals surface area contributed by atoms with E-state index in [9.17, 15) is 14.7 Å². The lowest BCUT2D eigenvalue weighted by atomic mass is 10.0. The highest BCUT2D eigenvalue weighted by Crippen LogP contribution is 2.20. The van der Waals surface area contributed by atoms with Crippen LogP contribution in [0.1, 0.15) is 450 Å². The van der Waals surface area contributed by atoms with Gasteiger partial charge in [-0.05, 0) is 89.9 Å². The molecule has 0 saturated carbocycles. The molecule has 0 aliphatic heterocycles. The summed E-state index contributed by atoms with van der Waals surface area (Å²) in [5, 5.41) is 9.74. The highest BCUT2D eigenvalue weighted by atomic mass is 16.6. The SMILES string of the molecule is CC/C=C\C/C=C\C/C=C\C/C=C\C/C=C\CCCCCCCCCCCCCCCCCCCCCCCCCC(=O)OC(CO)COC(=O)CCCCCCCCCCCCCCCCCCCCCCCCCCCCCCC/C=C\C/C=C\CCCCCCC.